The van der Waals surface area contributed by atoms with Gasteiger partial charge in [-0.15, -0.1) is 0 Å². The Hall–Kier alpha value is -1.75. The van der Waals surface area contributed by atoms with Gasteiger partial charge in [-0.05, 0) is 39.0 Å². The van der Waals surface area contributed by atoms with E-state index in [9.17, 15) is 4.79 Å². The summed E-state index contributed by atoms with van der Waals surface area (Å²) >= 11 is 0. The van der Waals surface area contributed by atoms with Crippen LogP contribution in [0, 0.1) is 0 Å². The maximum absolute atomic E-state index is 11.8. The predicted molar refractivity (Wildman–Crippen MR) is 81.2 cm³/mol. The molecule has 0 aliphatic carbocycles. The summed E-state index contributed by atoms with van der Waals surface area (Å²) in [5, 5.41) is 0. The smallest absolute Gasteiger partial charge is 0.340 e. The molecule has 0 heterocycles. The van der Waals surface area contributed by atoms with Crippen molar-refractivity contribution in [2.45, 2.75) is 26.9 Å². The third-order valence-electron chi connectivity index (χ3n) is 2.85. The number of rotatable bonds is 7. The Morgan fingerprint density at radius 1 is 1.40 bits per heavy atom. The van der Waals surface area contributed by atoms with Crippen LogP contribution in [0.2, 0.25) is 0 Å². The Balaban J connectivity index is 2.75. The maximum atomic E-state index is 11.8. The van der Waals surface area contributed by atoms with Gasteiger partial charge in [0.2, 0.25) is 0 Å². The molecule has 0 aliphatic rings. The number of likely N-dealkylation sites (N-methyl/N-ethyl adjacent to an activating group) is 1. The van der Waals surface area contributed by atoms with Crippen molar-refractivity contribution in [3.63, 3.8) is 0 Å². The molecule has 2 N–H and O–H groups in total. The molecule has 1 rings (SSSR count). The zero-order valence-corrected chi connectivity index (χ0v) is 12.7. The minimum Gasteiger partial charge on any atom is -0.462 e. The molecule has 0 radical (unpaired) electrons. The van der Waals surface area contributed by atoms with Gasteiger partial charge in [-0.2, -0.15) is 0 Å². The van der Waals surface area contributed by atoms with E-state index in [0.717, 1.165) is 12.2 Å². The summed E-state index contributed by atoms with van der Waals surface area (Å²) in [6.45, 7) is 7.48. The summed E-state index contributed by atoms with van der Waals surface area (Å²) in [4.78, 5) is 13.8. The van der Waals surface area contributed by atoms with Crippen LogP contribution in [-0.4, -0.2) is 38.9 Å². The van der Waals surface area contributed by atoms with E-state index in [2.05, 4.69) is 0 Å². The quantitative estimate of drug-likeness (QED) is 0.613. The molecule has 1 aromatic carbocycles. The maximum Gasteiger partial charge on any atom is 0.340 e. The molecule has 0 amide bonds. The van der Waals surface area contributed by atoms with Crippen LogP contribution in [0.3, 0.4) is 0 Å². The average Bonchev–Trinajstić information content (AvgIpc) is 2.38. The first-order chi connectivity index (χ1) is 9.45. The van der Waals surface area contributed by atoms with Gasteiger partial charge in [0, 0.05) is 25.0 Å². The van der Waals surface area contributed by atoms with Gasteiger partial charge >= 0.3 is 5.97 Å². The van der Waals surface area contributed by atoms with Crippen molar-refractivity contribution in [3.8, 4) is 0 Å². The largest absolute Gasteiger partial charge is 0.462 e. The second-order valence-corrected chi connectivity index (χ2v) is 4.83. The number of nitrogens with zero attached hydrogens (tertiary/aromatic N) is 1. The van der Waals surface area contributed by atoms with Gasteiger partial charge < -0.3 is 20.1 Å². The summed E-state index contributed by atoms with van der Waals surface area (Å²) < 4.78 is 10.5. The standard InChI is InChI=1S/C15H24N2O3/c1-5-19-15(18)13-10-12(6-7-14(13)16)17(4)8-9-20-11(2)3/h6-7,10-11H,5,8-9,16H2,1-4H3. The number of nitrogens with two attached hydrogens (primary N) is 1. The fraction of sp³-hybridized carbons (Fsp3) is 0.533. The van der Waals surface area contributed by atoms with Crippen molar-refractivity contribution >= 4 is 17.3 Å². The van der Waals surface area contributed by atoms with E-state index in [1.807, 2.05) is 31.9 Å². The van der Waals surface area contributed by atoms with Crippen molar-refractivity contribution < 1.29 is 14.3 Å². The SMILES string of the molecule is CCOC(=O)c1cc(N(C)CCOC(C)C)ccc1N. The summed E-state index contributed by atoms with van der Waals surface area (Å²) in [5.41, 5.74) is 7.56. The first-order valence-electron chi connectivity index (χ1n) is 6.85. The van der Waals surface area contributed by atoms with Crippen LogP contribution in [-0.2, 0) is 9.47 Å². The third-order valence-corrected chi connectivity index (χ3v) is 2.85. The van der Waals surface area contributed by atoms with Crippen molar-refractivity contribution in [3.05, 3.63) is 23.8 Å². The highest BCUT2D eigenvalue weighted by Crippen LogP contribution is 2.21. The summed E-state index contributed by atoms with van der Waals surface area (Å²) in [5.74, 6) is -0.390. The van der Waals surface area contributed by atoms with Gasteiger partial charge in [0.15, 0.2) is 0 Å². The van der Waals surface area contributed by atoms with Crippen molar-refractivity contribution in [2.75, 3.05) is 37.4 Å². The topological polar surface area (TPSA) is 64.8 Å². The fourth-order valence-electron chi connectivity index (χ4n) is 1.72. The zero-order valence-electron chi connectivity index (χ0n) is 12.7. The number of ether oxygens (including phenoxy) is 2. The Kier molecular flexibility index (Phi) is 6.31. The molecule has 0 aromatic heterocycles. The number of benzene rings is 1. The highest BCUT2D eigenvalue weighted by atomic mass is 16.5. The Morgan fingerprint density at radius 2 is 2.10 bits per heavy atom. The predicted octanol–water partition coefficient (Wildman–Crippen LogP) is 2.31. The molecule has 0 aliphatic heterocycles. The summed E-state index contributed by atoms with van der Waals surface area (Å²) in [7, 11) is 1.95. The molecular weight excluding hydrogens is 256 g/mol. The van der Waals surface area contributed by atoms with E-state index in [0.29, 0.717) is 24.5 Å². The number of carbonyl (C=O) groups excluding carboxylic acids is 1. The van der Waals surface area contributed by atoms with E-state index < -0.39 is 5.97 Å². The van der Waals surface area contributed by atoms with Crippen LogP contribution in [0.4, 0.5) is 11.4 Å². The highest BCUT2D eigenvalue weighted by Gasteiger charge is 2.13. The monoisotopic (exact) mass is 280 g/mol. The van der Waals surface area contributed by atoms with Crippen LogP contribution in [0.5, 0.6) is 0 Å². The molecule has 0 atom stereocenters. The van der Waals surface area contributed by atoms with E-state index in [4.69, 9.17) is 15.2 Å². The molecule has 0 spiro atoms. The van der Waals surface area contributed by atoms with Crippen molar-refractivity contribution in [1.29, 1.82) is 0 Å². The first-order valence-corrected chi connectivity index (χ1v) is 6.85. The van der Waals surface area contributed by atoms with Gasteiger partial charge in [-0.3, -0.25) is 0 Å². The van der Waals surface area contributed by atoms with Gasteiger partial charge in [-0.1, -0.05) is 0 Å². The van der Waals surface area contributed by atoms with Crippen LogP contribution in [0.1, 0.15) is 31.1 Å². The van der Waals surface area contributed by atoms with E-state index >= 15 is 0 Å². The molecule has 20 heavy (non-hydrogen) atoms. The Labute approximate surface area is 120 Å². The third kappa shape index (κ3) is 4.74. The Bertz CT molecular complexity index is 447. The van der Waals surface area contributed by atoms with Gasteiger partial charge in [0.05, 0.1) is 24.9 Å². The highest BCUT2D eigenvalue weighted by molar-refractivity contribution is 5.96. The summed E-state index contributed by atoms with van der Waals surface area (Å²) in [6, 6.07) is 5.36. The van der Waals surface area contributed by atoms with Crippen molar-refractivity contribution in [2.24, 2.45) is 0 Å². The number of nitrogen functional groups attached to an aromatic ring is 1. The van der Waals surface area contributed by atoms with Crippen LogP contribution in [0.15, 0.2) is 18.2 Å². The van der Waals surface area contributed by atoms with Gasteiger partial charge in [0.25, 0.3) is 0 Å². The van der Waals surface area contributed by atoms with Crippen molar-refractivity contribution in [1.82, 2.24) is 0 Å². The number of esters is 1. The Morgan fingerprint density at radius 3 is 2.70 bits per heavy atom. The van der Waals surface area contributed by atoms with E-state index in [1.54, 1.807) is 19.1 Å². The molecule has 0 saturated carbocycles. The lowest BCUT2D eigenvalue weighted by Gasteiger charge is -2.21. The van der Waals surface area contributed by atoms with Gasteiger partial charge in [0.1, 0.15) is 0 Å². The van der Waals surface area contributed by atoms with Crippen LogP contribution >= 0.6 is 0 Å². The van der Waals surface area contributed by atoms with Crippen LogP contribution in [0.25, 0.3) is 0 Å². The normalized spacial score (nSPS) is 10.7. The molecule has 0 fully saturated rings. The molecule has 0 saturated heterocycles. The minimum absolute atomic E-state index is 0.213. The molecule has 1 aromatic rings. The van der Waals surface area contributed by atoms with Crippen LogP contribution < -0.4 is 10.6 Å². The lowest BCUT2D eigenvalue weighted by Crippen LogP contribution is -2.24. The number of hydrogen-bond acceptors (Lipinski definition) is 5. The lowest BCUT2D eigenvalue weighted by molar-refractivity contribution is 0.0527. The minimum atomic E-state index is -0.390. The number of carbonyl (C=O) groups is 1. The summed E-state index contributed by atoms with van der Waals surface area (Å²) in [6.07, 6.45) is 0.213. The molecule has 112 valence electrons. The average molecular weight is 280 g/mol. The second kappa shape index (κ2) is 7.75. The van der Waals surface area contributed by atoms with Gasteiger partial charge in [-0.25, -0.2) is 4.79 Å². The lowest BCUT2D eigenvalue weighted by atomic mass is 10.1. The van der Waals surface area contributed by atoms with E-state index in [-0.39, 0.29) is 6.10 Å². The molecule has 0 bridgehead atoms. The molecule has 5 nitrogen and oxygen atoms in total. The fourth-order valence-corrected chi connectivity index (χ4v) is 1.72. The van der Waals surface area contributed by atoms with E-state index in [1.165, 1.54) is 0 Å². The second-order valence-electron chi connectivity index (χ2n) is 4.83. The first kappa shape index (κ1) is 16.3. The zero-order chi connectivity index (χ0) is 15.1. The molecule has 0 unspecified atom stereocenters. The number of hydrogen-bond donors (Lipinski definition) is 1. The molecular formula is C15H24N2O3. The molecule has 5 heteroatoms. The number of anilines is 2.